The molecule has 1 aromatic carbocycles. The van der Waals surface area contributed by atoms with Gasteiger partial charge in [-0.15, -0.1) is 0 Å². The van der Waals surface area contributed by atoms with Crippen molar-refractivity contribution in [3.63, 3.8) is 0 Å². The minimum absolute atomic E-state index is 0.208. The van der Waals surface area contributed by atoms with Gasteiger partial charge in [-0.25, -0.2) is 5.84 Å². The monoisotopic (exact) mass is 402 g/mol. The van der Waals surface area contributed by atoms with Gasteiger partial charge in [0.1, 0.15) is 23.9 Å². The van der Waals surface area contributed by atoms with Crippen LogP contribution in [0.5, 0.6) is 5.75 Å². The highest BCUT2D eigenvalue weighted by Gasteiger charge is 2.15. The van der Waals surface area contributed by atoms with Gasteiger partial charge in [-0.2, -0.15) is 0 Å². The lowest BCUT2D eigenvalue weighted by molar-refractivity contribution is 0.0952. The van der Waals surface area contributed by atoms with Crippen LogP contribution in [-0.2, 0) is 6.61 Å². The van der Waals surface area contributed by atoms with Gasteiger partial charge in [0.05, 0.1) is 14.5 Å². The van der Waals surface area contributed by atoms with E-state index in [9.17, 15) is 4.79 Å². The summed E-state index contributed by atoms with van der Waals surface area (Å²) in [5.41, 5.74) is 2.47. The number of hydrogen-bond donors (Lipinski definition) is 2. The number of nitrogens with two attached hydrogens (primary N) is 1. The molecule has 0 atom stereocenters. The number of rotatable bonds is 4. The second-order valence-corrected chi connectivity index (χ2v) is 5.70. The lowest BCUT2D eigenvalue weighted by Crippen LogP contribution is -2.30. The Hall–Kier alpha value is -1.31. The topological polar surface area (TPSA) is 77.5 Å². The molecule has 1 amide bonds. The van der Waals surface area contributed by atoms with E-state index in [-0.39, 0.29) is 12.5 Å². The number of hydrazine groups is 1. The zero-order valence-corrected chi connectivity index (χ0v) is 13.7. The van der Waals surface area contributed by atoms with Crippen molar-refractivity contribution in [3.8, 4) is 5.75 Å². The van der Waals surface area contributed by atoms with Crippen molar-refractivity contribution in [2.75, 3.05) is 0 Å². The summed E-state index contributed by atoms with van der Waals surface area (Å²) in [5.74, 6) is 6.43. The minimum Gasteiger partial charge on any atom is -0.483 e. The van der Waals surface area contributed by atoms with Gasteiger partial charge in [0.25, 0.3) is 5.91 Å². The fourth-order valence-electron chi connectivity index (χ4n) is 1.68. The van der Waals surface area contributed by atoms with Crippen LogP contribution in [0.3, 0.4) is 0 Å². The number of nitrogen functional groups attached to an aromatic ring is 1. The molecule has 2 rings (SSSR count). The molecule has 0 bridgehead atoms. The molecule has 0 unspecified atom stereocenters. The van der Waals surface area contributed by atoms with Gasteiger partial charge >= 0.3 is 0 Å². The summed E-state index contributed by atoms with van der Waals surface area (Å²) in [4.78, 5) is 11.5. The van der Waals surface area contributed by atoms with E-state index < -0.39 is 0 Å². The zero-order valence-electron chi connectivity index (χ0n) is 10.6. The molecule has 2 aromatic rings. The third-order valence-electron chi connectivity index (χ3n) is 2.62. The molecule has 0 aliphatic carbocycles. The molecule has 7 heteroatoms. The molecule has 0 spiro atoms. The number of aryl methyl sites for hydroxylation is 1. The average molecular weight is 404 g/mol. The van der Waals surface area contributed by atoms with Crippen LogP contribution in [0.4, 0.5) is 0 Å². The van der Waals surface area contributed by atoms with E-state index in [1.807, 2.05) is 18.2 Å². The predicted molar refractivity (Wildman–Crippen MR) is 81.3 cm³/mol. The smallest absolute Gasteiger partial charge is 0.268 e. The first-order valence-electron chi connectivity index (χ1n) is 5.70. The molecule has 0 radical (unpaired) electrons. The number of ether oxygens (including phenoxy) is 1. The van der Waals surface area contributed by atoms with Gasteiger partial charge in [-0.1, -0.05) is 6.07 Å². The fraction of sp³-hybridized carbons (Fsp3) is 0.154. The molecule has 0 saturated heterocycles. The second kappa shape index (κ2) is 6.43. The fourth-order valence-corrected chi connectivity index (χ4v) is 2.91. The van der Waals surface area contributed by atoms with E-state index in [0.717, 1.165) is 8.95 Å². The van der Waals surface area contributed by atoms with E-state index in [2.05, 4.69) is 37.3 Å². The SMILES string of the molecule is Cc1oc(COc2c(Br)cccc2Br)cc1C(=O)NN. The Morgan fingerprint density at radius 2 is 2.05 bits per heavy atom. The van der Waals surface area contributed by atoms with Crippen LogP contribution in [-0.4, -0.2) is 5.91 Å². The van der Waals surface area contributed by atoms with Crippen LogP contribution in [0.2, 0.25) is 0 Å². The summed E-state index contributed by atoms with van der Waals surface area (Å²) in [6.07, 6.45) is 0. The maximum Gasteiger partial charge on any atom is 0.268 e. The molecule has 0 fully saturated rings. The third kappa shape index (κ3) is 3.23. The van der Waals surface area contributed by atoms with E-state index in [1.165, 1.54) is 0 Å². The van der Waals surface area contributed by atoms with Gasteiger partial charge < -0.3 is 9.15 Å². The number of para-hydroxylation sites is 1. The van der Waals surface area contributed by atoms with Gasteiger partial charge in [0.15, 0.2) is 0 Å². The zero-order chi connectivity index (χ0) is 14.7. The van der Waals surface area contributed by atoms with Crippen molar-refractivity contribution in [2.45, 2.75) is 13.5 Å². The van der Waals surface area contributed by atoms with Crippen LogP contribution in [0, 0.1) is 6.92 Å². The Morgan fingerprint density at radius 1 is 1.40 bits per heavy atom. The Kier molecular flexibility index (Phi) is 4.85. The van der Waals surface area contributed by atoms with Crippen molar-refractivity contribution < 1.29 is 13.9 Å². The number of amides is 1. The number of furan rings is 1. The van der Waals surface area contributed by atoms with Crippen molar-refractivity contribution in [1.82, 2.24) is 5.43 Å². The summed E-state index contributed by atoms with van der Waals surface area (Å²) >= 11 is 6.82. The molecule has 0 aliphatic rings. The quantitative estimate of drug-likeness (QED) is 0.466. The number of halogens is 2. The molecule has 1 heterocycles. The molecular formula is C13H12Br2N2O3. The number of hydrogen-bond acceptors (Lipinski definition) is 4. The summed E-state index contributed by atoms with van der Waals surface area (Å²) in [7, 11) is 0. The minimum atomic E-state index is -0.389. The van der Waals surface area contributed by atoms with Crippen LogP contribution >= 0.6 is 31.9 Å². The molecular weight excluding hydrogens is 392 g/mol. The maximum atomic E-state index is 11.5. The van der Waals surface area contributed by atoms with E-state index in [0.29, 0.717) is 22.8 Å². The first-order chi connectivity index (χ1) is 9.52. The summed E-state index contributed by atoms with van der Waals surface area (Å²) in [6, 6.07) is 7.26. The molecule has 1 aromatic heterocycles. The van der Waals surface area contributed by atoms with Crippen molar-refractivity contribution in [2.24, 2.45) is 5.84 Å². The van der Waals surface area contributed by atoms with Crippen LogP contribution < -0.4 is 16.0 Å². The van der Waals surface area contributed by atoms with Gasteiger partial charge in [-0.05, 0) is 57.0 Å². The van der Waals surface area contributed by atoms with Crippen LogP contribution in [0.1, 0.15) is 21.9 Å². The first-order valence-corrected chi connectivity index (χ1v) is 7.28. The van der Waals surface area contributed by atoms with Crippen molar-refractivity contribution in [3.05, 3.63) is 50.3 Å². The molecule has 0 saturated carbocycles. The van der Waals surface area contributed by atoms with Gasteiger partial charge in [-0.3, -0.25) is 10.2 Å². The highest BCUT2D eigenvalue weighted by molar-refractivity contribution is 9.11. The average Bonchev–Trinajstić information content (AvgIpc) is 2.78. The number of carbonyl (C=O) groups is 1. The molecule has 106 valence electrons. The lowest BCUT2D eigenvalue weighted by atomic mass is 10.2. The van der Waals surface area contributed by atoms with Crippen LogP contribution in [0.25, 0.3) is 0 Å². The Labute approximate surface area is 132 Å². The highest BCUT2D eigenvalue weighted by Crippen LogP contribution is 2.33. The number of benzene rings is 1. The van der Waals surface area contributed by atoms with Crippen LogP contribution in [0.15, 0.2) is 37.6 Å². The summed E-state index contributed by atoms with van der Waals surface area (Å²) in [6.45, 7) is 1.91. The summed E-state index contributed by atoms with van der Waals surface area (Å²) < 4.78 is 12.8. The second-order valence-electron chi connectivity index (χ2n) is 4.00. The number of nitrogens with one attached hydrogen (secondary N) is 1. The largest absolute Gasteiger partial charge is 0.483 e. The van der Waals surface area contributed by atoms with E-state index in [1.54, 1.807) is 13.0 Å². The molecule has 5 nitrogen and oxygen atoms in total. The van der Waals surface area contributed by atoms with Crippen molar-refractivity contribution >= 4 is 37.8 Å². The van der Waals surface area contributed by atoms with E-state index >= 15 is 0 Å². The predicted octanol–water partition coefficient (Wildman–Crippen LogP) is 3.30. The molecule has 3 N–H and O–H groups in total. The number of carbonyl (C=O) groups excluding carboxylic acids is 1. The highest BCUT2D eigenvalue weighted by atomic mass is 79.9. The van der Waals surface area contributed by atoms with Crippen molar-refractivity contribution in [1.29, 1.82) is 0 Å². The summed E-state index contributed by atoms with van der Waals surface area (Å²) in [5, 5.41) is 0. The normalized spacial score (nSPS) is 10.4. The lowest BCUT2D eigenvalue weighted by Gasteiger charge is -2.08. The van der Waals surface area contributed by atoms with E-state index in [4.69, 9.17) is 15.0 Å². The Morgan fingerprint density at radius 3 is 2.65 bits per heavy atom. The molecule has 20 heavy (non-hydrogen) atoms. The Bertz CT molecular complexity index is 620. The first kappa shape index (κ1) is 15.1. The Balaban J connectivity index is 2.14. The van der Waals surface area contributed by atoms with Gasteiger partial charge in [0.2, 0.25) is 0 Å². The standard InChI is InChI=1S/C13H12Br2N2O3/c1-7-9(13(18)17-16)5-8(20-7)6-19-12-10(14)3-2-4-11(12)15/h2-5H,6,16H2,1H3,(H,17,18). The van der Waals surface area contributed by atoms with Gasteiger partial charge in [0, 0.05) is 0 Å². The third-order valence-corrected chi connectivity index (χ3v) is 3.87. The maximum absolute atomic E-state index is 11.5. The molecule has 0 aliphatic heterocycles.